The fourth-order valence-electron chi connectivity index (χ4n) is 4.45. The van der Waals surface area contributed by atoms with Crippen LogP contribution in [-0.2, 0) is 9.59 Å². The van der Waals surface area contributed by atoms with E-state index in [1.807, 2.05) is 59.2 Å². The van der Waals surface area contributed by atoms with Crippen LogP contribution >= 0.6 is 0 Å². The minimum atomic E-state index is -0.432. The van der Waals surface area contributed by atoms with Crippen molar-refractivity contribution in [3.8, 4) is 17.2 Å². The lowest BCUT2D eigenvalue weighted by Crippen LogP contribution is -2.28. The van der Waals surface area contributed by atoms with Crippen LogP contribution in [0.1, 0.15) is 6.42 Å². The van der Waals surface area contributed by atoms with Gasteiger partial charge in [0, 0.05) is 36.1 Å². The van der Waals surface area contributed by atoms with Gasteiger partial charge in [-0.3, -0.25) is 14.2 Å². The number of anilines is 2. The van der Waals surface area contributed by atoms with Gasteiger partial charge in [-0.1, -0.05) is 12.1 Å². The molecular weight excluding hydrogens is 432 g/mol. The first-order valence-corrected chi connectivity index (χ1v) is 11.2. The highest BCUT2D eigenvalue weighted by Gasteiger charge is 2.35. The second kappa shape index (κ2) is 8.22. The van der Waals surface area contributed by atoms with E-state index in [4.69, 9.17) is 9.47 Å². The molecule has 0 spiro atoms. The number of benzene rings is 3. The van der Waals surface area contributed by atoms with Crippen LogP contribution in [0, 0.1) is 5.92 Å². The zero-order chi connectivity index (χ0) is 23.1. The number of carbonyl (C=O) groups is 2. The number of ether oxygens (including phenoxy) is 2. The highest BCUT2D eigenvalue weighted by molar-refractivity contribution is 6.03. The molecule has 2 aliphatic heterocycles. The van der Waals surface area contributed by atoms with Gasteiger partial charge >= 0.3 is 0 Å². The van der Waals surface area contributed by atoms with Crippen molar-refractivity contribution in [2.75, 3.05) is 30.0 Å². The summed E-state index contributed by atoms with van der Waals surface area (Å²) in [5, 5.41) is 2.95. The van der Waals surface area contributed by atoms with Gasteiger partial charge in [-0.15, -0.1) is 0 Å². The Balaban J connectivity index is 1.14. The molecule has 1 aromatic heterocycles. The second-order valence-electron chi connectivity index (χ2n) is 8.37. The SMILES string of the molecule is O=C(Nc1ccc(-n2cnc3ccccc32)cc1)[C@@H]1CC(=O)N(c2ccc3c(c2)OCCO3)C1. The van der Waals surface area contributed by atoms with Crippen LogP contribution in [0.5, 0.6) is 11.5 Å². The molecular formula is C26H22N4O4. The van der Waals surface area contributed by atoms with E-state index >= 15 is 0 Å². The van der Waals surface area contributed by atoms with Gasteiger partial charge in [0.15, 0.2) is 11.5 Å². The van der Waals surface area contributed by atoms with Gasteiger partial charge in [-0.05, 0) is 48.5 Å². The molecule has 0 saturated carbocycles. The monoisotopic (exact) mass is 454 g/mol. The summed E-state index contributed by atoms with van der Waals surface area (Å²) in [6, 6.07) is 20.9. The Morgan fingerprint density at radius 2 is 1.71 bits per heavy atom. The normalized spacial score (nSPS) is 17.2. The third-order valence-corrected chi connectivity index (χ3v) is 6.20. The molecule has 1 fully saturated rings. The Morgan fingerprint density at radius 1 is 0.941 bits per heavy atom. The Bertz CT molecular complexity index is 1400. The Hall–Kier alpha value is -4.33. The molecule has 2 amide bonds. The zero-order valence-electron chi connectivity index (χ0n) is 18.3. The van der Waals surface area contributed by atoms with E-state index in [0.29, 0.717) is 42.6 Å². The van der Waals surface area contributed by atoms with Crippen LogP contribution in [0.3, 0.4) is 0 Å². The maximum Gasteiger partial charge on any atom is 0.229 e. The lowest BCUT2D eigenvalue weighted by atomic mass is 10.1. The highest BCUT2D eigenvalue weighted by atomic mass is 16.6. The number of hydrogen-bond donors (Lipinski definition) is 1. The first kappa shape index (κ1) is 20.3. The molecule has 4 aromatic rings. The molecule has 170 valence electrons. The van der Waals surface area contributed by atoms with Gasteiger partial charge < -0.3 is 19.7 Å². The van der Waals surface area contributed by atoms with Crippen LogP contribution in [0.4, 0.5) is 11.4 Å². The highest BCUT2D eigenvalue weighted by Crippen LogP contribution is 2.36. The minimum Gasteiger partial charge on any atom is -0.486 e. The Kier molecular flexibility index (Phi) is 4.91. The van der Waals surface area contributed by atoms with E-state index < -0.39 is 5.92 Å². The number of amides is 2. The van der Waals surface area contributed by atoms with E-state index in [1.54, 1.807) is 23.4 Å². The van der Waals surface area contributed by atoms with Gasteiger partial charge in [0.2, 0.25) is 11.8 Å². The molecule has 1 saturated heterocycles. The zero-order valence-corrected chi connectivity index (χ0v) is 18.3. The third kappa shape index (κ3) is 3.63. The summed E-state index contributed by atoms with van der Waals surface area (Å²) < 4.78 is 13.2. The van der Waals surface area contributed by atoms with Gasteiger partial charge in [0.25, 0.3) is 0 Å². The van der Waals surface area contributed by atoms with Crippen molar-refractivity contribution in [3.63, 3.8) is 0 Å². The summed E-state index contributed by atoms with van der Waals surface area (Å²) in [7, 11) is 0. The molecule has 3 aromatic carbocycles. The summed E-state index contributed by atoms with van der Waals surface area (Å²) in [6.45, 7) is 1.31. The molecule has 3 heterocycles. The molecule has 8 heteroatoms. The summed E-state index contributed by atoms with van der Waals surface area (Å²) in [4.78, 5) is 31.6. The lowest BCUT2D eigenvalue weighted by Gasteiger charge is -2.22. The fraction of sp³-hybridized carbons (Fsp3) is 0.192. The van der Waals surface area contributed by atoms with Crippen LogP contribution in [0.15, 0.2) is 73.1 Å². The number of rotatable bonds is 4. The summed E-state index contributed by atoms with van der Waals surface area (Å²) in [6.07, 6.45) is 1.95. The molecule has 8 nitrogen and oxygen atoms in total. The largest absolute Gasteiger partial charge is 0.486 e. The fourth-order valence-corrected chi connectivity index (χ4v) is 4.45. The molecule has 1 N–H and O–H groups in total. The van der Waals surface area contributed by atoms with E-state index in [-0.39, 0.29) is 18.2 Å². The topological polar surface area (TPSA) is 85.7 Å². The molecule has 0 unspecified atom stereocenters. The number of aromatic nitrogens is 2. The van der Waals surface area contributed by atoms with E-state index in [2.05, 4.69) is 10.3 Å². The maximum atomic E-state index is 12.9. The molecule has 34 heavy (non-hydrogen) atoms. The average Bonchev–Trinajstić information content (AvgIpc) is 3.48. The first-order valence-electron chi connectivity index (χ1n) is 11.2. The lowest BCUT2D eigenvalue weighted by molar-refractivity contribution is -0.122. The van der Waals surface area contributed by atoms with Gasteiger partial charge in [-0.2, -0.15) is 0 Å². The number of nitrogens with zero attached hydrogens (tertiary/aromatic N) is 3. The van der Waals surface area contributed by atoms with Crippen LogP contribution < -0.4 is 19.7 Å². The van der Waals surface area contributed by atoms with Crippen molar-refractivity contribution in [2.24, 2.45) is 5.92 Å². The summed E-state index contributed by atoms with van der Waals surface area (Å²) >= 11 is 0. The van der Waals surface area contributed by atoms with E-state index in [0.717, 1.165) is 16.7 Å². The third-order valence-electron chi connectivity index (χ3n) is 6.20. The van der Waals surface area contributed by atoms with Crippen molar-refractivity contribution in [2.45, 2.75) is 6.42 Å². The minimum absolute atomic E-state index is 0.0841. The molecule has 0 radical (unpaired) electrons. The number of carbonyl (C=O) groups excluding carboxylic acids is 2. The van der Waals surface area contributed by atoms with Crippen molar-refractivity contribution in [1.82, 2.24) is 9.55 Å². The van der Waals surface area contributed by atoms with E-state index in [1.165, 1.54) is 0 Å². The van der Waals surface area contributed by atoms with Crippen LogP contribution in [0.25, 0.3) is 16.7 Å². The first-order chi connectivity index (χ1) is 16.7. The molecule has 2 aliphatic rings. The quantitative estimate of drug-likeness (QED) is 0.507. The number of fused-ring (bicyclic) bond motifs is 2. The smallest absolute Gasteiger partial charge is 0.229 e. The average molecular weight is 454 g/mol. The molecule has 1 atom stereocenters. The molecule has 0 aliphatic carbocycles. The van der Waals surface area contributed by atoms with E-state index in [9.17, 15) is 9.59 Å². The van der Waals surface area contributed by atoms with Crippen molar-refractivity contribution >= 4 is 34.2 Å². The second-order valence-corrected chi connectivity index (χ2v) is 8.37. The molecule has 6 rings (SSSR count). The predicted molar refractivity (Wildman–Crippen MR) is 128 cm³/mol. The number of nitrogens with one attached hydrogen (secondary N) is 1. The summed E-state index contributed by atoms with van der Waals surface area (Å²) in [5.41, 5.74) is 4.29. The van der Waals surface area contributed by atoms with Crippen molar-refractivity contribution < 1.29 is 19.1 Å². The Morgan fingerprint density at radius 3 is 2.56 bits per heavy atom. The number of para-hydroxylation sites is 2. The summed E-state index contributed by atoms with van der Waals surface area (Å²) in [5.74, 6) is 0.602. The standard InChI is InChI=1S/C26H22N4O4/c31-25-13-17(15-29(25)20-9-10-23-24(14-20)34-12-11-33-23)26(32)28-18-5-7-19(8-6-18)30-16-27-21-3-1-2-4-22(21)30/h1-10,14,16-17H,11-13,15H2,(H,28,32)/t17-/m1/s1. The number of imidazole rings is 1. The predicted octanol–water partition coefficient (Wildman–Crippen LogP) is 3.79. The van der Waals surface area contributed by atoms with Crippen LogP contribution in [-0.4, -0.2) is 41.1 Å². The van der Waals surface area contributed by atoms with Gasteiger partial charge in [0.05, 0.1) is 17.0 Å². The number of hydrogen-bond acceptors (Lipinski definition) is 5. The van der Waals surface area contributed by atoms with Crippen molar-refractivity contribution in [3.05, 3.63) is 73.1 Å². The Labute approximate surface area is 195 Å². The van der Waals surface area contributed by atoms with Gasteiger partial charge in [-0.25, -0.2) is 4.98 Å². The van der Waals surface area contributed by atoms with Crippen molar-refractivity contribution in [1.29, 1.82) is 0 Å². The maximum absolute atomic E-state index is 12.9. The van der Waals surface area contributed by atoms with Gasteiger partial charge in [0.1, 0.15) is 19.5 Å². The van der Waals surface area contributed by atoms with Crippen LogP contribution in [0.2, 0.25) is 0 Å². The molecule has 0 bridgehead atoms.